The van der Waals surface area contributed by atoms with Crippen LogP contribution in [0, 0.1) is 23.2 Å². The Morgan fingerprint density at radius 2 is 1.71 bits per heavy atom. The molecule has 120 valence electrons. The summed E-state index contributed by atoms with van der Waals surface area (Å²) in [5.41, 5.74) is 6.14. The smallest absolute Gasteiger partial charge is 0.225 e. The van der Waals surface area contributed by atoms with Gasteiger partial charge < -0.3 is 10.6 Å². The van der Waals surface area contributed by atoms with Crippen LogP contribution in [-0.4, -0.2) is 28.9 Å². The Hall–Kier alpha value is -0.640. The van der Waals surface area contributed by atoms with Crippen molar-refractivity contribution in [2.75, 3.05) is 13.1 Å². The number of carbonyl (C=O) groups excluding carboxylic acids is 1. The molecule has 1 heterocycles. The van der Waals surface area contributed by atoms with Crippen molar-refractivity contribution in [2.24, 2.45) is 28.9 Å². The van der Waals surface area contributed by atoms with Gasteiger partial charge in [-0.3, -0.25) is 4.79 Å². The van der Waals surface area contributed by atoms with Gasteiger partial charge in [0.25, 0.3) is 0 Å². The van der Waals surface area contributed by atoms with E-state index in [1.54, 1.807) is 0 Å². The van der Waals surface area contributed by atoms with E-state index in [-0.39, 0.29) is 11.8 Å². The normalized spacial score (nSPS) is 31.0. The Morgan fingerprint density at radius 3 is 2.24 bits per heavy atom. The molecule has 1 aliphatic heterocycles. The number of nitrogens with two attached hydrogens (primary N) is 1. The maximum Gasteiger partial charge on any atom is 0.225 e. The van der Waals surface area contributed by atoms with Crippen LogP contribution >= 0.6 is 12.2 Å². The second-order valence-corrected chi connectivity index (χ2v) is 8.41. The zero-order valence-corrected chi connectivity index (χ0v) is 14.5. The molecule has 0 aromatic carbocycles. The zero-order chi connectivity index (χ0) is 15.6. The van der Waals surface area contributed by atoms with E-state index < -0.39 is 0 Å². The molecule has 2 fully saturated rings. The molecule has 3 nitrogen and oxygen atoms in total. The number of nitrogens with zero attached hydrogens (tertiary/aromatic N) is 1. The number of likely N-dealkylation sites (tertiary alicyclic amines) is 1. The van der Waals surface area contributed by atoms with E-state index >= 15 is 0 Å². The first-order valence-electron chi connectivity index (χ1n) is 8.37. The van der Waals surface area contributed by atoms with Crippen molar-refractivity contribution in [3.8, 4) is 0 Å². The molecule has 2 aliphatic rings. The molecule has 21 heavy (non-hydrogen) atoms. The lowest BCUT2D eigenvalue weighted by atomic mass is 9.69. The standard InChI is InChI=1S/C17H30N2OS/c1-17(2,3)14-8-6-12(7-9-14)16(20)19-10-4-5-13(11-19)15(18)21/h12-14H,4-11H2,1-3H3,(H2,18,21). The Bertz CT molecular complexity index is 394. The highest BCUT2D eigenvalue weighted by Crippen LogP contribution is 2.40. The minimum Gasteiger partial charge on any atom is -0.393 e. The van der Waals surface area contributed by atoms with E-state index in [2.05, 4.69) is 20.8 Å². The number of hydrogen-bond acceptors (Lipinski definition) is 2. The molecule has 0 aromatic heterocycles. The van der Waals surface area contributed by atoms with Crippen LogP contribution in [0.4, 0.5) is 0 Å². The van der Waals surface area contributed by atoms with Crippen molar-refractivity contribution in [1.29, 1.82) is 0 Å². The first kappa shape index (κ1) is 16.7. The van der Waals surface area contributed by atoms with Crippen LogP contribution in [0.1, 0.15) is 59.3 Å². The molecule has 2 N–H and O–H groups in total. The average molecular weight is 311 g/mol. The summed E-state index contributed by atoms with van der Waals surface area (Å²) >= 11 is 5.11. The molecule has 1 unspecified atom stereocenters. The SMILES string of the molecule is CC(C)(C)C1CCC(C(=O)N2CCCC(C(N)=S)C2)CC1. The third-order valence-corrected chi connectivity index (χ3v) is 5.77. The molecule has 4 heteroatoms. The third-order valence-electron chi connectivity index (χ3n) is 5.44. The van der Waals surface area contributed by atoms with Gasteiger partial charge in [-0.2, -0.15) is 0 Å². The highest BCUT2D eigenvalue weighted by molar-refractivity contribution is 7.80. The fraction of sp³-hybridized carbons (Fsp3) is 0.882. The van der Waals surface area contributed by atoms with Gasteiger partial charge in [0.05, 0.1) is 4.99 Å². The first-order valence-corrected chi connectivity index (χ1v) is 8.78. The van der Waals surface area contributed by atoms with Crippen molar-refractivity contribution in [1.82, 2.24) is 4.90 Å². The van der Waals surface area contributed by atoms with Gasteiger partial charge in [0.1, 0.15) is 0 Å². The highest BCUT2D eigenvalue weighted by atomic mass is 32.1. The van der Waals surface area contributed by atoms with Gasteiger partial charge in [-0.1, -0.05) is 33.0 Å². The monoisotopic (exact) mass is 310 g/mol. The summed E-state index contributed by atoms with van der Waals surface area (Å²) < 4.78 is 0. The number of thiocarbonyl (C=S) groups is 1. The van der Waals surface area contributed by atoms with Gasteiger partial charge in [-0.15, -0.1) is 0 Å². The van der Waals surface area contributed by atoms with E-state index in [0.717, 1.165) is 44.7 Å². The van der Waals surface area contributed by atoms with Crippen LogP contribution < -0.4 is 5.73 Å². The van der Waals surface area contributed by atoms with Crippen molar-refractivity contribution in [3.63, 3.8) is 0 Å². The summed E-state index contributed by atoms with van der Waals surface area (Å²) in [6.07, 6.45) is 6.55. The Balaban J connectivity index is 1.88. The molecular weight excluding hydrogens is 280 g/mol. The number of hydrogen-bond donors (Lipinski definition) is 1. The molecule has 1 aliphatic carbocycles. The predicted octanol–water partition coefficient (Wildman–Crippen LogP) is 3.36. The van der Waals surface area contributed by atoms with E-state index in [9.17, 15) is 4.79 Å². The largest absolute Gasteiger partial charge is 0.393 e. The molecular formula is C17H30N2OS. The number of amides is 1. The van der Waals surface area contributed by atoms with Crippen molar-refractivity contribution in [3.05, 3.63) is 0 Å². The maximum absolute atomic E-state index is 12.7. The summed E-state index contributed by atoms with van der Waals surface area (Å²) in [5, 5.41) is 0. The van der Waals surface area contributed by atoms with Gasteiger partial charge in [0.2, 0.25) is 5.91 Å². The molecule has 1 atom stereocenters. The number of piperidine rings is 1. The van der Waals surface area contributed by atoms with Crippen LogP contribution in [0.2, 0.25) is 0 Å². The van der Waals surface area contributed by atoms with Crippen molar-refractivity contribution in [2.45, 2.75) is 59.3 Å². The van der Waals surface area contributed by atoms with Crippen LogP contribution in [0.5, 0.6) is 0 Å². The van der Waals surface area contributed by atoms with E-state index in [1.807, 2.05) is 4.90 Å². The maximum atomic E-state index is 12.7. The minimum absolute atomic E-state index is 0.226. The summed E-state index contributed by atoms with van der Waals surface area (Å²) in [6.45, 7) is 8.58. The first-order chi connectivity index (χ1) is 9.79. The quantitative estimate of drug-likeness (QED) is 0.796. The molecule has 0 radical (unpaired) electrons. The van der Waals surface area contributed by atoms with Gasteiger partial charge in [0.15, 0.2) is 0 Å². The number of carbonyl (C=O) groups is 1. The van der Waals surface area contributed by atoms with Crippen LogP contribution in [0.25, 0.3) is 0 Å². The Kier molecular flexibility index (Phi) is 5.29. The minimum atomic E-state index is 0.226. The van der Waals surface area contributed by atoms with E-state index in [1.165, 1.54) is 12.8 Å². The van der Waals surface area contributed by atoms with Crippen LogP contribution in [-0.2, 0) is 4.79 Å². The van der Waals surface area contributed by atoms with Crippen LogP contribution in [0.15, 0.2) is 0 Å². The van der Waals surface area contributed by atoms with E-state index in [4.69, 9.17) is 18.0 Å². The van der Waals surface area contributed by atoms with E-state index in [0.29, 0.717) is 16.3 Å². The lowest BCUT2D eigenvalue weighted by Gasteiger charge is -2.39. The summed E-state index contributed by atoms with van der Waals surface area (Å²) in [5.74, 6) is 1.56. The molecule has 1 saturated carbocycles. The zero-order valence-electron chi connectivity index (χ0n) is 13.7. The second-order valence-electron chi connectivity index (χ2n) is 7.94. The summed E-state index contributed by atoms with van der Waals surface area (Å²) in [7, 11) is 0. The molecule has 0 aromatic rings. The molecule has 1 saturated heterocycles. The Morgan fingerprint density at radius 1 is 1.10 bits per heavy atom. The van der Waals surface area contributed by atoms with Crippen molar-refractivity contribution < 1.29 is 4.79 Å². The van der Waals surface area contributed by atoms with Gasteiger partial charge in [-0.05, 0) is 49.9 Å². The molecule has 0 spiro atoms. The topological polar surface area (TPSA) is 46.3 Å². The average Bonchev–Trinajstić information content (AvgIpc) is 2.46. The molecule has 1 amide bonds. The van der Waals surface area contributed by atoms with Gasteiger partial charge >= 0.3 is 0 Å². The highest BCUT2D eigenvalue weighted by Gasteiger charge is 2.35. The third kappa shape index (κ3) is 4.18. The Labute approximate surface area is 134 Å². The molecule has 0 bridgehead atoms. The summed E-state index contributed by atoms with van der Waals surface area (Å²) in [6, 6.07) is 0. The fourth-order valence-electron chi connectivity index (χ4n) is 3.87. The predicted molar refractivity (Wildman–Crippen MR) is 91.0 cm³/mol. The lowest BCUT2D eigenvalue weighted by Crippen LogP contribution is -2.46. The number of rotatable bonds is 2. The lowest BCUT2D eigenvalue weighted by molar-refractivity contribution is -0.138. The van der Waals surface area contributed by atoms with Gasteiger partial charge in [0, 0.05) is 24.9 Å². The van der Waals surface area contributed by atoms with Crippen LogP contribution in [0.3, 0.4) is 0 Å². The van der Waals surface area contributed by atoms with Crippen molar-refractivity contribution >= 4 is 23.1 Å². The van der Waals surface area contributed by atoms with Gasteiger partial charge in [-0.25, -0.2) is 0 Å². The summed E-state index contributed by atoms with van der Waals surface area (Å²) in [4.78, 5) is 15.3. The molecule has 2 rings (SSSR count). The fourth-order valence-corrected chi connectivity index (χ4v) is 4.07. The second kappa shape index (κ2) is 6.64.